The molecule has 0 spiro atoms. The van der Waals surface area contributed by atoms with Gasteiger partial charge >= 0.3 is 0 Å². The van der Waals surface area contributed by atoms with Crippen molar-refractivity contribution in [1.29, 1.82) is 0 Å². The predicted molar refractivity (Wildman–Crippen MR) is 86.0 cm³/mol. The van der Waals surface area contributed by atoms with E-state index in [1.807, 2.05) is 0 Å². The molecule has 3 aromatic rings. The van der Waals surface area contributed by atoms with Crippen LogP contribution in [0.3, 0.4) is 0 Å². The lowest BCUT2D eigenvalue weighted by Crippen LogP contribution is -2.15. The molecule has 6 nitrogen and oxygen atoms in total. The maximum atomic E-state index is 14.1. The van der Waals surface area contributed by atoms with Gasteiger partial charge in [0.1, 0.15) is 23.0 Å². The number of aryl methyl sites for hydroxylation is 2. The molecule has 3 N–H and O–H groups in total. The van der Waals surface area contributed by atoms with Gasteiger partial charge in [-0.2, -0.15) is 0 Å². The minimum Gasteiger partial charge on any atom is -0.364 e. The Bertz CT molecular complexity index is 951. The summed E-state index contributed by atoms with van der Waals surface area (Å²) in [6.07, 6.45) is 1.95. The van der Waals surface area contributed by atoms with Crippen LogP contribution in [0.15, 0.2) is 24.5 Å². The van der Waals surface area contributed by atoms with E-state index in [1.54, 1.807) is 24.6 Å². The third-order valence-corrected chi connectivity index (χ3v) is 3.72. The molecule has 0 atom stereocenters. The molecule has 1 aromatic carbocycles. The quantitative estimate of drug-likeness (QED) is 0.769. The Morgan fingerprint density at radius 2 is 2.08 bits per heavy atom. The molecule has 0 bridgehead atoms. The van der Waals surface area contributed by atoms with Gasteiger partial charge in [-0.25, -0.2) is 18.7 Å². The van der Waals surface area contributed by atoms with Crippen molar-refractivity contribution in [2.45, 2.75) is 13.3 Å². The highest BCUT2D eigenvalue weighted by Crippen LogP contribution is 2.27. The second-order valence-electron chi connectivity index (χ2n) is 5.34. The number of nitrogens with one attached hydrogen (secondary N) is 1. The summed E-state index contributed by atoms with van der Waals surface area (Å²) >= 11 is 0. The number of carbonyl (C=O) groups excluding carboxylic acids is 1. The van der Waals surface area contributed by atoms with Gasteiger partial charge in [0.15, 0.2) is 5.69 Å². The van der Waals surface area contributed by atoms with Gasteiger partial charge in [0, 0.05) is 19.2 Å². The zero-order chi connectivity index (χ0) is 17.4. The number of nitrogens with two attached hydrogens (primary N) is 1. The molecule has 0 aliphatic carbocycles. The van der Waals surface area contributed by atoms with Crippen molar-refractivity contribution >= 4 is 28.4 Å². The number of amides is 1. The van der Waals surface area contributed by atoms with Gasteiger partial charge < -0.3 is 15.6 Å². The standard InChI is InChI=1S/C16H15F2N5O/c1-3-8-4-9(17)5-10(18)13(8)21-12-6-11-14(20-7-23(11)2)15(22-12)16(19)24/h4-7H,3H2,1-2H3,(H2,19,24)(H,21,22). The van der Waals surface area contributed by atoms with Gasteiger partial charge in [-0.05, 0) is 18.1 Å². The highest BCUT2D eigenvalue weighted by molar-refractivity contribution is 6.03. The topological polar surface area (TPSA) is 85.8 Å². The van der Waals surface area contributed by atoms with Crippen LogP contribution in [0.5, 0.6) is 0 Å². The van der Waals surface area contributed by atoms with E-state index in [4.69, 9.17) is 5.73 Å². The van der Waals surface area contributed by atoms with Crippen LogP contribution in [-0.2, 0) is 13.5 Å². The predicted octanol–water partition coefficient (Wildman–Crippen LogP) is 2.65. The van der Waals surface area contributed by atoms with Gasteiger partial charge in [-0.3, -0.25) is 4.79 Å². The molecule has 0 unspecified atom stereocenters. The molecular weight excluding hydrogens is 316 g/mol. The highest BCUT2D eigenvalue weighted by Gasteiger charge is 2.17. The van der Waals surface area contributed by atoms with Gasteiger partial charge in [-0.15, -0.1) is 0 Å². The molecule has 1 amide bonds. The SMILES string of the molecule is CCc1cc(F)cc(F)c1Nc1cc2c(ncn2C)c(C(N)=O)n1. The molecule has 2 aromatic heterocycles. The Balaban J connectivity index is 2.14. The average molecular weight is 331 g/mol. The molecule has 0 saturated carbocycles. The van der Waals surface area contributed by atoms with Crippen LogP contribution in [0.4, 0.5) is 20.3 Å². The molecule has 24 heavy (non-hydrogen) atoms. The molecule has 8 heteroatoms. The monoisotopic (exact) mass is 331 g/mol. The first-order valence-electron chi connectivity index (χ1n) is 7.27. The summed E-state index contributed by atoms with van der Waals surface area (Å²) in [7, 11) is 1.75. The smallest absolute Gasteiger partial charge is 0.269 e. The van der Waals surface area contributed by atoms with Crippen LogP contribution in [-0.4, -0.2) is 20.4 Å². The van der Waals surface area contributed by atoms with E-state index >= 15 is 0 Å². The summed E-state index contributed by atoms with van der Waals surface area (Å²) in [5.74, 6) is -1.90. The second kappa shape index (κ2) is 5.88. The maximum absolute atomic E-state index is 14.1. The van der Waals surface area contributed by atoms with E-state index in [0.29, 0.717) is 23.0 Å². The number of benzene rings is 1. The lowest BCUT2D eigenvalue weighted by Gasteiger charge is -2.13. The fraction of sp³-hybridized carbons (Fsp3) is 0.188. The number of pyridine rings is 1. The van der Waals surface area contributed by atoms with Crippen molar-refractivity contribution in [3.8, 4) is 0 Å². The number of halogens is 2. The largest absolute Gasteiger partial charge is 0.364 e. The van der Waals surface area contributed by atoms with E-state index in [0.717, 1.165) is 6.07 Å². The summed E-state index contributed by atoms with van der Waals surface area (Å²) in [6, 6.07) is 3.67. The Morgan fingerprint density at radius 1 is 1.33 bits per heavy atom. The molecule has 0 aliphatic rings. The molecule has 3 rings (SSSR count). The Hall–Kier alpha value is -3.03. The van der Waals surface area contributed by atoms with Crippen molar-refractivity contribution in [2.24, 2.45) is 12.8 Å². The average Bonchev–Trinajstić information content (AvgIpc) is 2.90. The van der Waals surface area contributed by atoms with E-state index in [2.05, 4.69) is 15.3 Å². The second-order valence-corrected chi connectivity index (χ2v) is 5.34. The number of nitrogens with zero attached hydrogens (tertiary/aromatic N) is 3. The van der Waals surface area contributed by atoms with Crippen LogP contribution in [0.2, 0.25) is 0 Å². The highest BCUT2D eigenvalue weighted by atomic mass is 19.1. The number of hydrogen-bond donors (Lipinski definition) is 2. The Labute approximate surface area is 136 Å². The summed E-state index contributed by atoms with van der Waals surface area (Å²) in [6.45, 7) is 1.78. The molecule has 0 aliphatic heterocycles. The number of aromatic nitrogens is 3. The first-order chi connectivity index (χ1) is 11.4. The van der Waals surface area contributed by atoms with Gasteiger partial charge in [0.05, 0.1) is 17.5 Å². The van der Waals surface area contributed by atoms with Gasteiger partial charge in [-0.1, -0.05) is 6.92 Å². The van der Waals surface area contributed by atoms with E-state index in [-0.39, 0.29) is 17.2 Å². The number of primary amides is 1. The fourth-order valence-corrected chi connectivity index (χ4v) is 2.54. The number of rotatable bonds is 4. The van der Waals surface area contributed by atoms with Crippen molar-refractivity contribution in [2.75, 3.05) is 5.32 Å². The Morgan fingerprint density at radius 3 is 2.75 bits per heavy atom. The number of hydrogen-bond acceptors (Lipinski definition) is 4. The summed E-state index contributed by atoms with van der Waals surface area (Å²) in [5.41, 5.74) is 6.89. The van der Waals surface area contributed by atoms with Crippen LogP contribution < -0.4 is 11.1 Å². The molecule has 0 saturated heterocycles. The minimum absolute atomic E-state index is 0.0174. The first kappa shape index (κ1) is 15.9. The maximum Gasteiger partial charge on any atom is 0.269 e. The molecule has 124 valence electrons. The number of anilines is 2. The number of imidazole rings is 1. The minimum atomic E-state index is -0.738. The van der Waals surface area contributed by atoms with Gasteiger partial charge in [0.2, 0.25) is 0 Å². The normalized spacial score (nSPS) is 11.0. The lowest BCUT2D eigenvalue weighted by molar-refractivity contribution is 0.0997. The first-order valence-corrected chi connectivity index (χ1v) is 7.27. The third kappa shape index (κ3) is 2.66. The summed E-state index contributed by atoms with van der Waals surface area (Å²) < 4.78 is 29.2. The molecule has 0 fully saturated rings. The van der Waals surface area contributed by atoms with E-state index in [9.17, 15) is 13.6 Å². The fourth-order valence-electron chi connectivity index (χ4n) is 2.54. The van der Waals surface area contributed by atoms with Crippen molar-refractivity contribution in [1.82, 2.24) is 14.5 Å². The van der Waals surface area contributed by atoms with Crippen LogP contribution in [0.25, 0.3) is 11.0 Å². The van der Waals surface area contributed by atoms with Crippen LogP contribution in [0, 0.1) is 11.6 Å². The zero-order valence-corrected chi connectivity index (χ0v) is 13.1. The summed E-state index contributed by atoms with van der Waals surface area (Å²) in [4.78, 5) is 19.8. The van der Waals surface area contributed by atoms with Crippen molar-refractivity contribution < 1.29 is 13.6 Å². The molecule has 2 heterocycles. The Kier molecular flexibility index (Phi) is 3.88. The summed E-state index contributed by atoms with van der Waals surface area (Å²) in [5, 5.41) is 2.82. The van der Waals surface area contributed by atoms with Crippen molar-refractivity contribution in [3.63, 3.8) is 0 Å². The van der Waals surface area contributed by atoms with Crippen molar-refractivity contribution in [3.05, 3.63) is 47.4 Å². The molecular formula is C16H15F2N5O. The third-order valence-electron chi connectivity index (χ3n) is 3.72. The number of carbonyl (C=O) groups is 1. The van der Waals surface area contributed by atoms with Gasteiger partial charge in [0.25, 0.3) is 5.91 Å². The van der Waals surface area contributed by atoms with Crippen LogP contribution in [0.1, 0.15) is 23.0 Å². The lowest BCUT2D eigenvalue weighted by atomic mass is 10.1. The van der Waals surface area contributed by atoms with Crippen LogP contribution >= 0.6 is 0 Å². The molecule has 0 radical (unpaired) electrons. The van der Waals surface area contributed by atoms with E-state index in [1.165, 1.54) is 12.4 Å². The number of fused-ring (bicyclic) bond motifs is 1. The zero-order valence-electron chi connectivity index (χ0n) is 13.1. The van der Waals surface area contributed by atoms with E-state index < -0.39 is 17.5 Å².